The summed E-state index contributed by atoms with van der Waals surface area (Å²) in [6.07, 6.45) is 3.95. The molecule has 0 spiro atoms. The third kappa shape index (κ3) is 3.26. The number of fused-ring (bicyclic) bond motifs is 1. The third-order valence-corrected chi connectivity index (χ3v) is 4.79. The van der Waals surface area contributed by atoms with Gasteiger partial charge >= 0.3 is 0 Å². The number of rotatable bonds is 5. The van der Waals surface area contributed by atoms with Gasteiger partial charge in [-0.05, 0) is 54.2 Å². The maximum absolute atomic E-state index is 11.9. The summed E-state index contributed by atoms with van der Waals surface area (Å²) < 4.78 is 7.82. The van der Waals surface area contributed by atoms with E-state index in [2.05, 4.69) is 58.2 Å². The van der Waals surface area contributed by atoms with Gasteiger partial charge in [0, 0.05) is 22.8 Å². The molecule has 0 atom stereocenters. The van der Waals surface area contributed by atoms with Gasteiger partial charge in [0.25, 0.3) is 0 Å². The molecule has 0 bridgehead atoms. The number of aldehydes is 1. The van der Waals surface area contributed by atoms with Crippen LogP contribution in [0.4, 0.5) is 0 Å². The van der Waals surface area contributed by atoms with Crippen molar-refractivity contribution in [2.45, 2.75) is 46.5 Å². The number of aromatic nitrogens is 1. The second-order valence-corrected chi connectivity index (χ2v) is 7.64. The molecule has 0 fully saturated rings. The Morgan fingerprint density at radius 1 is 1.08 bits per heavy atom. The lowest BCUT2D eigenvalue weighted by Crippen LogP contribution is -2.13. The van der Waals surface area contributed by atoms with Gasteiger partial charge in [-0.1, -0.05) is 39.8 Å². The zero-order valence-corrected chi connectivity index (χ0v) is 16.3. The number of benzene rings is 1. The van der Waals surface area contributed by atoms with Crippen LogP contribution in [0.5, 0.6) is 5.75 Å². The Hall–Kier alpha value is -2.55. The smallest absolute Gasteiger partial charge is 0.167 e. The lowest BCUT2D eigenvalue weighted by Gasteiger charge is -2.23. The lowest BCUT2D eigenvalue weighted by molar-refractivity contribution is 0.111. The molecule has 3 heteroatoms. The van der Waals surface area contributed by atoms with Gasteiger partial charge in [-0.25, -0.2) is 0 Å². The van der Waals surface area contributed by atoms with E-state index < -0.39 is 0 Å². The number of carbonyl (C=O) groups excluding carboxylic acids is 1. The molecule has 0 unspecified atom stereocenters. The van der Waals surface area contributed by atoms with Crippen molar-refractivity contribution in [3.05, 3.63) is 59.4 Å². The Bertz CT molecular complexity index is 945. The molecule has 0 aliphatic heterocycles. The first-order valence-corrected chi connectivity index (χ1v) is 9.26. The van der Waals surface area contributed by atoms with Crippen molar-refractivity contribution in [1.29, 1.82) is 0 Å². The maximum atomic E-state index is 11.9. The predicted octanol–water partition coefficient (Wildman–Crippen LogP) is 5.68. The summed E-state index contributed by atoms with van der Waals surface area (Å²) in [4.78, 5) is 11.9. The van der Waals surface area contributed by atoms with Crippen LogP contribution in [0.15, 0.2) is 42.6 Å². The molecule has 2 heterocycles. The molecular formula is C23H27NO2. The topological polar surface area (TPSA) is 30.7 Å². The van der Waals surface area contributed by atoms with Crippen LogP contribution in [0.2, 0.25) is 0 Å². The van der Waals surface area contributed by atoms with E-state index in [-0.39, 0.29) is 5.41 Å². The minimum Gasteiger partial charge on any atom is -0.494 e. The molecule has 0 amide bonds. The van der Waals surface area contributed by atoms with Gasteiger partial charge in [0.2, 0.25) is 0 Å². The van der Waals surface area contributed by atoms with Gasteiger partial charge in [-0.15, -0.1) is 0 Å². The Balaban J connectivity index is 2.21. The van der Waals surface area contributed by atoms with E-state index in [1.807, 2.05) is 23.5 Å². The van der Waals surface area contributed by atoms with Crippen LogP contribution in [-0.2, 0) is 11.8 Å². The highest BCUT2D eigenvalue weighted by Gasteiger charge is 2.21. The zero-order valence-electron chi connectivity index (χ0n) is 16.3. The number of hydrogen-bond donors (Lipinski definition) is 0. The minimum atomic E-state index is -0.0452. The van der Waals surface area contributed by atoms with Crippen molar-refractivity contribution in [3.63, 3.8) is 0 Å². The summed E-state index contributed by atoms with van der Waals surface area (Å²) in [6.45, 7) is 11.3. The van der Waals surface area contributed by atoms with E-state index in [4.69, 9.17) is 4.74 Å². The van der Waals surface area contributed by atoms with Gasteiger partial charge in [-0.2, -0.15) is 0 Å². The highest BCUT2D eigenvalue weighted by atomic mass is 16.5. The van der Waals surface area contributed by atoms with E-state index in [0.29, 0.717) is 12.3 Å². The lowest BCUT2D eigenvalue weighted by atomic mass is 9.84. The summed E-state index contributed by atoms with van der Waals surface area (Å²) in [7, 11) is 0. The Kier molecular flexibility index (Phi) is 4.90. The molecule has 0 radical (unpaired) electrons. The van der Waals surface area contributed by atoms with Crippen LogP contribution >= 0.6 is 0 Å². The molecule has 0 saturated carbocycles. The average molecular weight is 349 g/mol. The molecular weight excluding hydrogens is 322 g/mol. The standard InChI is InChI=1S/C23H27NO2/c1-6-16-8-10-18-13-19(21(15-25)24(18)14-16)17-9-11-22(26-7-2)20(12-17)23(3,4)5/h8-15H,6-7H2,1-5H3. The van der Waals surface area contributed by atoms with Crippen LogP contribution in [0, 0.1) is 0 Å². The van der Waals surface area contributed by atoms with Crippen molar-refractivity contribution in [2.24, 2.45) is 0 Å². The highest BCUT2D eigenvalue weighted by Crippen LogP contribution is 2.36. The third-order valence-electron chi connectivity index (χ3n) is 4.79. The van der Waals surface area contributed by atoms with Gasteiger partial charge < -0.3 is 9.14 Å². The van der Waals surface area contributed by atoms with Crippen molar-refractivity contribution in [2.75, 3.05) is 6.61 Å². The van der Waals surface area contributed by atoms with Crippen molar-refractivity contribution < 1.29 is 9.53 Å². The largest absolute Gasteiger partial charge is 0.494 e. The van der Waals surface area contributed by atoms with Crippen molar-refractivity contribution >= 4 is 11.8 Å². The Morgan fingerprint density at radius 3 is 2.46 bits per heavy atom. The van der Waals surface area contributed by atoms with Crippen LogP contribution in [0.25, 0.3) is 16.6 Å². The first kappa shape index (κ1) is 18.2. The van der Waals surface area contributed by atoms with E-state index in [1.54, 1.807) is 0 Å². The fraction of sp³-hybridized carbons (Fsp3) is 0.348. The van der Waals surface area contributed by atoms with E-state index >= 15 is 0 Å². The molecule has 136 valence electrons. The zero-order chi connectivity index (χ0) is 18.9. The first-order chi connectivity index (χ1) is 12.4. The fourth-order valence-corrected chi connectivity index (χ4v) is 3.36. The molecule has 3 aromatic rings. The van der Waals surface area contributed by atoms with Gasteiger partial charge in [0.15, 0.2) is 6.29 Å². The quantitative estimate of drug-likeness (QED) is 0.555. The molecule has 0 aliphatic carbocycles. The summed E-state index contributed by atoms with van der Waals surface area (Å²) in [5, 5.41) is 0. The number of carbonyl (C=O) groups is 1. The number of nitrogens with zero attached hydrogens (tertiary/aromatic N) is 1. The second-order valence-electron chi connectivity index (χ2n) is 7.64. The normalized spacial score (nSPS) is 11.7. The second kappa shape index (κ2) is 6.99. The fourth-order valence-electron chi connectivity index (χ4n) is 3.36. The summed E-state index contributed by atoms with van der Waals surface area (Å²) in [6, 6.07) is 12.5. The number of aryl methyl sites for hydroxylation is 1. The highest BCUT2D eigenvalue weighted by molar-refractivity contribution is 5.90. The van der Waals surface area contributed by atoms with Crippen LogP contribution < -0.4 is 4.74 Å². The Morgan fingerprint density at radius 2 is 1.85 bits per heavy atom. The van der Waals surface area contributed by atoms with Gasteiger partial charge in [0.1, 0.15) is 5.75 Å². The van der Waals surface area contributed by atoms with Crippen LogP contribution in [0.1, 0.15) is 56.2 Å². The van der Waals surface area contributed by atoms with Gasteiger partial charge in [0.05, 0.1) is 12.3 Å². The summed E-state index contributed by atoms with van der Waals surface area (Å²) >= 11 is 0. The molecule has 3 nitrogen and oxygen atoms in total. The first-order valence-electron chi connectivity index (χ1n) is 9.26. The molecule has 3 rings (SSSR count). The van der Waals surface area contributed by atoms with Crippen molar-refractivity contribution in [1.82, 2.24) is 4.40 Å². The number of hydrogen-bond acceptors (Lipinski definition) is 2. The molecule has 0 N–H and O–H groups in total. The van der Waals surface area contributed by atoms with E-state index in [9.17, 15) is 4.79 Å². The van der Waals surface area contributed by atoms with Gasteiger partial charge in [-0.3, -0.25) is 4.79 Å². The average Bonchev–Trinajstić information content (AvgIpc) is 2.98. The SMILES string of the molecule is CCOc1ccc(-c2cc3ccc(CC)cn3c2C=O)cc1C(C)(C)C. The number of pyridine rings is 1. The maximum Gasteiger partial charge on any atom is 0.167 e. The van der Waals surface area contributed by atoms with E-state index in [0.717, 1.165) is 40.7 Å². The summed E-state index contributed by atoms with van der Waals surface area (Å²) in [5.74, 6) is 0.911. The molecule has 0 aliphatic rings. The molecule has 2 aromatic heterocycles. The predicted molar refractivity (Wildman–Crippen MR) is 107 cm³/mol. The van der Waals surface area contributed by atoms with Crippen molar-refractivity contribution in [3.8, 4) is 16.9 Å². The molecule has 26 heavy (non-hydrogen) atoms. The Labute approximate surface area is 155 Å². The monoisotopic (exact) mass is 349 g/mol. The molecule has 0 saturated heterocycles. The van der Waals surface area contributed by atoms with Crippen LogP contribution in [0.3, 0.4) is 0 Å². The summed E-state index contributed by atoms with van der Waals surface area (Å²) in [5.41, 5.74) is 6.05. The molecule has 1 aromatic carbocycles. The minimum absolute atomic E-state index is 0.0452. The van der Waals surface area contributed by atoms with E-state index in [1.165, 1.54) is 5.56 Å². The number of ether oxygens (including phenoxy) is 1. The van der Waals surface area contributed by atoms with Crippen LogP contribution in [-0.4, -0.2) is 17.3 Å².